The molecule has 1 N–H and O–H groups in total. The second-order valence-corrected chi connectivity index (χ2v) is 7.54. The van der Waals surface area contributed by atoms with Gasteiger partial charge in [-0.25, -0.2) is 4.79 Å². The van der Waals surface area contributed by atoms with Crippen molar-refractivity contribution in [1.82, 2.24) is 0 Å². The van der Waals surface area contributed by atoms with Crippen molar-refractivity contribution in [3.8, 4) is 0 Å². The Morgan fingerprint density at radius 1 is 1.36 bits per heavy atom. The lowest BCUT2D eigenvalue weighted by atomic mass is 9.77. The third-order valence-corrected chi connectivity index (χ3v) is 5.84. The van der Waals surface area contributed by atoms with Gasteiger partial charge in [0.25, 0.3) is 0 Å². The van der Waals surface area contributed by atoms with Crippen molar-refractivity contribution in [2.24, 2.45) is 29.6 Å². The summed E-state index contributed by atoms with van der Waals surface area (Å²) in [4.78, 5) is 36.8. The first-order chi connectivity index (χ1) is 11.8. The van der Waals surface area contributed by atoms with E-state index in [2.05, 4.69) is 6.58 Å². The van der Waals surface area contributed by atoms with Crippen LogP contribution in [0.3, 0.4) is 0 Å². The normalized spacial score (nSPS) is 39.8. The summed E-state index contributed by atoms with van der Waals surface area (Å²) >= 11 is 0. The third kappa shape index (κ3) is 2.82. The van der Waals surface area contributed by atoms with Crippen LogP contribution in [-0.2, 0) is 23.9 Å². The van der Waals surface area contributed by atoms with Gasteiger partial charge in [0.1, 0.15) is 12.2 Å². The van der Waals surface area contributed by atoms with Crippen molar-refractivity contribution in [2.75, 3.05) is 6.61 Å². The Bertz CT molecular complexity index is 663. The maximum atomic E-state index is 12.5. The molecule has 1 heterocycles. The van der Waals surface area contributed by atoms with Crippen molar-refractivity contribution >= 4 is 17.7 Å². The number of allylic oxidation sites excluding steroid dienone is 1. The summed E-state index contributed by atoms with van der Waals surface area (Å²) in [6, 6.07) is 0. The molecule has 2 fully saturated rings. The van der Waals surface area contributed by atoms with E-state index in [9.17, 15) is 19.5 Å². The fraction of sp³-hybridized carbons (Fsp3) is 0.632. The maximum Gasteiger partial charge on any atom is 0.333 e. The van der Waals surface area contributed by atoms with Crippen LogP contribution in [0.1, 0.15) is 27.2 Å². The van der Waals surface area contributed by atoms with Crippen LogP contribution in [0.5, 0.6) is 0 Å². The highest BCUT2D eigenvalue weighted by atomic mass is 16.6. The first kappa shape index (κ1) is 17.9. The minimum absolute atomic E-state index is 0.0530. The second-order valence-electron chi connectivity index (χ2n) is 7.54. The standard InChI is InChI=1S/C19H24O6/c1-8(2)18(22)24-13-5-9(3)14-12(21)6-11(7-20)16(14)17-15(13)10(4)19(23)25-17/h6,9-10,13-17,20H,1,5,7H2,2-4H3/t9-,10-,13-,14+,15+,16-,17-/m0/s1. The van der Waals surface area contributed by atoms with Gasteiger partial charge >= 0.3 is 11.9 Å². The molecule has 25 heavy (non-hydrogen) atoms. The second kappa shape index (κ2) is 6.41. The highest BCUT2D eigenvalue weighted by molar-refractivity contribution is 5.96. The topological polar surface area (TPSA) is 89.9 Å². The summed E-state index contributed by atoms with van der Waals surface area (Å²) in [5.41, 5.74) is 0.893. The molecule has 0 radical (unpaired) electrons. The molecule has 0 aromatic heterocycles. The van der Waals surface area contributed by atoms with E-state index in [0.29, 0.717) is 17.6 Å². The zero-order chi connectivity index (χ0) is 18.5. The molecule has 0 spiro atoms. The van der Waals surface area contributed by atoms with E-state index in [0.717, 1.165) is 0 Å². The van der Waals surface area contributed by atoms with E-state index in [4.69, 9.17) is 9.47 Å². The number of ether oxygens (including phenoxy) is 2. The fourth-order valence-electron chi connectivity index (χ4n) is 4.63. The Kier molecular flexibility index (Phi) is 4.58. The predicted molar refractivity (Wildman–Crippen MR) is 88.2 cm³/mol. The Morgan fingerprint density at radius 2 is 2.04 bits per heavy atom. The molecule has 1 saturated carbocycles. The lowest BCUT2D eigenvalue weighted by Crippen LogP contribution is -2.38. The van der Waals surface area contributed by atoms with Crippen molar-refractivity contribution in [3.63, 3.8) is 0 Å². The van der Waals surface area contributed by atoms with Gasteiger partial charge in [-0.1, -0.05) is 20.4 Å². The van der Waals surface area contributed by atoms with E-state index in [-0.39, 0.29) is 42.0 Å². The maximum absolute atomic E-state index is 12.5. The van der Waals surface area contributed by atoms with Gasteiger partial charge in [0.15, 0.2) is 5.78 Å². The Labute approximate surface area is 146 Å². The molecule has 0 bridgehead atoms. The van der Waals surface area contributed by atoms with E-state index in [1.54, 1.807) is 13.8 Å². The zero-order valence-corrected chi connectivity index (χ0v) is 14.7. The average molecular weight is 348 g/mol. The molecule has 136 valence electrons. The number of ketones is 1. The van der Waals surface area contributed by atoms with E-state index >= 15 is 0 Å². The van der Waals surface area contributed by atoms with Gasteiger partial charge in [-0.05, 0) is 30.9 Å². The van der Waals surface area contributed by atoms with Crippen LogP contribution in [0, 0.1) is 29.6 Å². The number of hydrogen-bond acceptors (Lipinski definition) is 6. The van der Waals surface area contributed by atoms with Crippen molar-refractivity contribution < 1.29 is 29.0 Å². The molecule has 0 aromatic rings. The number of fused-ring (bicyclic) bond motifs is 3. The number of rotatable bonds is 3. The molecular formula is C19H24O6. The van der Waals surface area contributed by atoms with Crippen LogP contribution in [0.2, 0.25) is 0 Å². The molecule has 3 aliphatic rings. The van der Waals surface area contributed by atoms with Crippen LogP contribution < -0.4 is 0 Å². The number of hydrogen-bond donors (Lipinski definition) is 1. The molecule has 1 aliphatic heterocycles. The summed E-state index contributed by atoms with van der Waals surface area (Å²) in [6.07, 6.45) is 0.870. The molecule has 0 aromatic carbocycles. The van der Waals surface area contributed by atoms with Crippen LogP contribution in [0.4, 0.5) is 0 Å². The zero-order valence-electron chi connectivity index (χ0n) is 14.7. The molecular weight excluding hydrogens is 324 g/mol. The molecule has 0 amide bonds. The average Bonchev–Trinajstić information content (AvgIpc) is 2.99. The Balaban J connectivity index is 2.01. The Hall–Kier alpha value is -1.95. The van der Waals surface area contributed by atoms with Crippen molar-refractivity contribution in [1.29, 1.82) is 0 Å². The first-order valence-corrected chi connectivity index (χ1v) is 8.68. The van der Waals surface area contributed by atoms with Gasteiger partial charge in [0.2, 0.25) is 0 Å². The molecule has 1 saturated heterocycles. The Morgan fingerprint density at radius 3 is 2.64 bits per heavy atom. The van der Waals surface area contributed by atoms with Gasteiger partial charge in [-0.3, -0.25) is 9.59 Å². The monoisotopic (exact) mass is 348 g/mol. The largest absolute Gasteiger partial charge is 0.461 e. The smallest absolute Gasteiger partial charge is 0.333 e. The van der Waals surface area contributed by atoms with Gasteiger partial charge in [0.05, 0.1) is 12.5 Å². The minimum Gasteiger partial charge on any atom is -0.461 e. The molecule has 6 heteroatoms. The van der Waals surface area contributed by atoms with E-state index < -0.39 is 24.1 Å². The fourth-order valence-corrected chi connectivity index (χ4v) is 4.63. The van der Waals surface area contributed by atoms with Gasteiger partial charge in [0, 0.05) is 23.3 Å². The van der Waals surface area contributed by atoms with Crippen LogP contribution in [0.15, 0.2) is 23.8 Å². The molecule has 3 rings (SSSR count). The molecule has 0 unspecified atom stereocenters. The first-order valence-electron chi connectivity index (χ1n) is 8.68. The number of carbonyl (C=O) groups excluding carboxylic acids is 3. The lowest BCUT2D eigenvalue weighted by molar-refractivity contribution is -0.149. The van der Waals surface area contributed by atoms with Gasteiger partial charge in [-0.2, -0.15) is 0 Å². The SMILES string of the molecule is C=C(C)C(=O)O[C@H]1C[C@H](C)[C@@H]2C(=O)C=C(CO)[C@@H]2[C@H]2OC(=O)[C@@H](C)[C@@H]21. The number of aliphatic hydroxyl groups excluding tert-OH is 1. The molecule has 7 atom stereocenters. The molecule has 6 nitrogen and oxygen atoms in total. The van der Waals surface area contributed by atoms with Crippen LogP contribution in [-0.4, -0.2) is 41.6 Å². The highest BCUT2D eigenvalue weighted by Gasteiger charge is 2.58. The van der Waals surface area contributed by atoms with Crippen LogP contribution in [0.25, 0.3) is 0 Å². The quantitative estimate of drug-likeness (QED) is 0.613. The summed E-state index contributed by atoms with van der Waals surface area (Å²) in [5.74, 6) is -2.44. The lowest BCUT2D eigenvalue weighted by Gasteiger charge is -2.30. The summed E-state index contributed by atoms with van der Waals surface area (Å²) in [5, 5.41) is 9.68. The predicted octanol–water partition coefficient (Wildman–Crippen LogP) is 1.43. The number of esters is 2. The summed E-state index contributed by atoms with van der Waals surface area (Å²) < 4.78 is 11.3. The number of carbonyl (C=O) groups is 3. The minimum atomic E-state index is -0.565. The highest BCUT2D eigenvalue weighted by Crippen LogP contribution is 2.50. The van der Waals surface area contributed by atoms with Crippen molar-refractivity contribution in [2.45, 2.75) is 39.4 Å². The van der Waals surface area contributed by atoms with Gasteiger partial charge in [-0.15, -0.1) is 0 Å². The van der Waals surface area contributed by atoms with E-state index in [1.165, 1.54) is 6.08 Å². The van der Waals surface area contributed by atoms with Gasteiger partial charge < -0.3 is 14.6 Å². The third-order valence-electron chi connectivity index (χ3n) is 5.84. The summed E-state index contributed by atoms with van der Waals surface area (Å²) in [7, 11) is 0. The summed E-state index contributed by atoms with van der Waals surface area (Å²) in [6.45, 7) is 8.64. The van der Waals surface area contributed by atoms with Crippen LogP contribution >= 0.6 is 0 Å². The number of aliphatic hydroxyl groups is 1. The van der Waals surface area contributed by atoms with E-state index in [1.807, 2.05) is 6.92 Å². The molecule has 2 aliphatic carbocycles. The van der Waals surface area contributed by atoms with Crippen molar-refractivity contribution in [3.05, 3.63) is 23.8 Å².